The van der Waals surface area contributed by atoms with E-state index in [1.807, 2.05) is 6.07 Å². The van der Waals surface area contributed by atoms with Gasteiger partial charge in [0.25, 0.3) is 0 Å². The number of alkyl halides is 2. The van der Waals surface area contributed by atoms with Crippen molar-refractivity contribution in [1.82, 2.24) is 4.98 Å². The Hall–Kier alpha value is -2.28. The molecule has 22 heavy (non-hydrogen) atoms. The number of benzene rings is 1. The third-order valence-electron chi connectivity index (χ3n) is 2.60. The van der Waals surface area contributed by atoms with Gasteiger partial charge in [0.2, 0.25) is 0 Å². The van der Waals surface area contributed by atoms with E-state index in [1.54, 1.807) is 24.3 Å². The van der Waals surface area contributed by atoms with Crippen LogP contribution in [0.25, 0.3) is 0 Å². The van der Waals surface area contributed by atoms with Crippen LogP contribution in [0.1, 0.15) is 11.3 Å². The summed E-state index contributed by atoms with van der Waals surface area (Å²) in [7, 11) is 0. The molecule has 0 atom stereocenters. The number of carbonyl (C=O) groups is 1. The van der Waals surface area contributed by atoms with E-state index in [0.29, 0.717) is 11.3 Å². The lowest BCUT2D eigenvalue weighted by Crippen LogP contribution is -2.26. The smallest absolute Gasteiger partial charge is 0.393 e. The molecule has 5 nitrogen and oxygen atoms in total. The maximum Gasteiger partial charge on any atom is 0.393 e. The van der Waals surface area contributed by atoms with Gasteiger partial charge >= 0.3 is 11.9 Å². The Kier molecular flexibility index (Phi) is 4.87. The van der Waals surface area contributed by atoms with E-state index in [0.717, 1.165) is 35.3 Å². The number of nitrogens with zero attached hydrogens (tertiary/aromatic N) is 2. The molecule has 1 aromatic carbocycles. The molecule has 0 saturated heterocycles. The van der Waals surface area contributed by atoms with Crippen molar-refractivity contribution in [3.05, 3.63) is 53.9 Å². The minimum Gasteiger partial charge on any atom is -0.456 e. The monoisotopic (exact) mass is 416 g/mol. The van der Waals surface area contributed by atoms with Gasteiger partial charge in [-0.25, -0.2) is 4.79 Å². The third kappa shape index (κ3) is 3.48. The Labute approximate surface area is 138 Å². The molecule has 0 aliphatic carbocycles. The van der Waals surface area contributed by atoms with Crippen LogP contribution in [-0.2, 0) is 13.8 Å². The molecule has 112 valence electrons. The van der Waals surface area contributed by atoms with Gasteiger partial charge in [0, 0.05) is 0 Å². The molecule has 2 aromatic rings. The highest BCUT2D eigenvalue weighted by atomic mass is 127. The molecule has 1 aromatic heterocycles. The summed E-state index contributed by atoms with van der Waals surface area (Å²) in [5.74, 6) is -4.88. The van der Waals surface area contributed by atoms with E-state index in [4.69, 9.17) is 10.00 Å². The fourth-order valence-electron chi connectivity index (χ4n) is 1.51. The molecule has 2 rings (SSSR count). The lowest BCUT2D eigenvalue weighted by molar-refractivity contribution is -0.160. The quantitative estimate of drug-likeness (QED) is 0.711. The maximum atomic E-state index is 13.6. The summed E-state index contributed by atoms with van der Waals surface area (Å²) >= 11 is 1.09. The number of hydrogen-bond donors (Lipinski definition) is 0. The molecular weight excluding hydrogens is 409 g/mol. The summed E-state index contributed by atoms with van der Waals surface area (Å²) in [4.78, 5) is 14.5. The second kappa shape index (κ2) is 6.65. The molecule has 0 fully saturated rings. The Morgan fingerprint density at radius 2 is 1.82 bits per heavy atom. The minimum atomic E-state index is -3.83. The number of nitriles is 1. The predicted octanol–water partition coefficient (Wildman–Crippen LogP) is 3.73. The standard InChI is InChI=1S/C14H7F2IN2O3/c15-14(16,13(20)22-17)12-6-5-11(8-19-12)21-10-3-1-9(7-18)2-4-10/h1-6,8H. The van der Waals surface area contributed by atoms with E-state index >= 15 is 0 Å². The van der Waals surface area contributed by atoms with Crippen LogP contribution in [0.2, 0.25) is 0 Å². The van der Waals surface area contributed by atoms with Crippen molar-refractivity contribution in [2.45, 2.75) is 5.92 Å². The van der Waals surface area contributed by atoms with Crippen LogP contribution in [0.15, 0.2) is 42.6 Å². The van der Waals surface area contributed by atoms with Gasteiger partial charge in [0.05, 0.1) is 17.8 Å². The highest BCUT2D eigenvalue weighted by Crippen LogP contribution is 2.30. The van der Waals surface area contributed by atoms with Crippen molar-refractivity contribution in [3.8, 4) is 17.6 Å². The minimum absolute atomic E-state index is 0.215. The van der Waals surface area contributed by atoms with Crippen molar-refractivity contribution in [2.75, 3.05) is 0 Å². The zero-order chi connectivity index (χ0) is 16.2. The summed E-state index contributed by atoms with van der Waals surface area (Å²) in [5.41, 5.74) is -0.265. The first-order valence-electron chi connectivity index (χ1n) is 5.82. The molecule has 0 N–H and O–H groups in total. The first-order chi connectivity index (χ1) is 10.5. The molecule has 0 aliphatic rings. The lowest BCUT2D eigenvalue weighted by Gasteiger charge is -2.12. The summed E-state index contributed by atoms with van der Waals surface area (Å²) in [6.45, 7) is 0. The van der Waals surface area contributed by atoms with Gasteiger partial charge in [-0.15, -0.1) is 0 Å². The van der Waals surface area contributed by atoms with Gasteiger partial charge in [-0.1, -0.05) is 0 Å². The van der Waals surface area contributed by atoms with Crippen LogP contribution >= 0.6 is 23.0 Å². The summed E-state index contributed by atoms with van der Waals surface area (Å²) in [6, 6.07) is 10.4. The van der Waals surface area contributed by atoms with Crippen molar-refractivity contribution < 1.29 is 21.4 Å². The average molecular weight is 416 g/mol. The summed E-state index contributed by atoms with van der Waals surface area (Å²) in [5, 5.41) is 8.68. The highest BCUT2D eigenvalue weighted by Gasteiger charge is 2.44. The lowest BCUT2D eigenvalue weighted by atomic mass is 10.2. The maximum absolute atomic E-state index is 13.6. The molecule has 0 saturated carbocycles. The zero-order valence-corrected chi connectivity index (χ0v) is 13.0. The molecular formula is C14H7F2IN2O3. The topological polar surface area (TPSA) is 72.2 Å². The number of aromatic nitrogens is 1. The van der Waals surface area contributed by atoms with Crippen LogP contribution in [-0.4, -0.2) is 11.0 Å². The van der Waals surface area contributed by atoms with E-state index in [1.165, 1.54) is 6.07 Å². The van der Waals surface area contributed by atoms with Crippen LogP contribution < -0.4 is 4.74 Å². The number of hydrogen-bond acceptors (Lipinski definition) is 5. The molecule has 0 bridgehead atoms. The highest BCUT2D eigenvalue weighted by molar-refractivity contribution is 14.1. The summed E-state index contributed by atoms with van der Waals surface area (Å²) < 4.78 is 36.6. The van der Waals surface area contributed by atoms with E-state index in [9.17, 15) is 13.6 Å². The van der Waals surface area contributed by atoms with Gasteiger partial charge in [0.15, 0.2) is 23.0 Å². The van der Waals surface area contributed by atoms with E-state index in [2.05, 4.69) is 8.05 Å². The van der Waals surface area contributed by atoms with E-state index in [-0.39, 0.29) is 5.75 Å². The van der Waals surface area contributed by atoms with E-state index < -0.39 is 17.6 Å². The van der Waals surface area contributed by atoms with Crippen LogP contribution in [0.3, 0.4) is 0 Å². The second-order valence-corrected chi connectivity index (χ2v) is 4.50. The van der Waals surface area contributed by atoms with Gasteiger partial charge in [-0.2, -0.15) is 14.0 Å². The van der Waals surface area contributed by atoms with Gasteiger partial charge in [-0.05, 0) is 36.4 Å². The molecule has 8 heteroatoms. The van der Waals surface area contributed by atoms with Crippen LogP contribution in [0.5, 0.6) is 11.5 Å². The number of rotatable bonds is 4. The molecule has 0 amide bonds. The normalized spacial score (nSPS) is 10.6. The molecule has 0 spiro atoms. The zero-order valence-electron chi connectivity index (χ0n) is 10.8. The predicted molar refractivity (Wildman–Crippen MR) is 79.5 cm³/mol. The average Bonchev–Trinajstić information content (AvgIpc) is 2.55. The first kappa shape index (κ1) is 16.1. The summed E-state index contributed by atoms with van der Waals surface area (Å²) in [6.07, 6.45) is 1.07. The molecule has 0 aliphatic heterocycles. The number of pyridine rings is 1. The molecule has 1 heterocycles. The Bertz CT molecular complexity index is 712. The van der Waals surface area contributed by atoms with Crippen LogP contribution in [0, 0.1) is 11.3 Å². The fraction of sp³-hybridized carbons (Fsp3) is 0.0714. The Morgan fingerprint density at radius 3 is 2.32 bits per heavy atom. The van der Waals surface area contributed by atoms with Crippen molar-refractivity contribution >= 4 is 29.0 Å². The number of halogens is 3. The molecule has 0 unspecified atom stereocenters. The van der Waals surface area contributed by atoms with Crippen molar-refractivity contribution in [3.63, 3.8) is 0 Å². The third-order valence-corrected chi connectivity index (χ3v) is 3.00. The van der Waals surface area contributed by atoms with Gasteiger partial charge in [0.1, 0.15) is 17.2 Å². The van der Waals surface area contributed by atoms with Crippen molar-refractivity contribution in [1.29, 1.82) is 5.26 Å². The largest absolute Gasteiger partial charge is 0.456 e. The van der Waals surface area contributed by atoms with Gasteiger partial charge in [-0.3, -0.25) is 4.98 Å². The number of ether oxygens (including phenoxy) is 1. The Morgan fingerprint density at radius 1 is 1.18 bits per heavy atom. The fourth-order valence-corrected chi connectivity index (χ4v) is 1.79. The SMILES string of the molecule is N#Cc1ccc(Oc2ccc(C(F)(F)C(=O)OI)nc2)cc1. The first-order valence-corrected chi connectivity index (χ1v) is 6.71. The number of carbonyl (C=O) groups excluding carboxylic acids is 1. The van der Waals surface area contributed by atoms with Crippen LogP contribution in [0.4, 0.5) is 8.78 Å². The van der Waals surface area contributed by atoms with Crippen molar-refractivity contribution in [2.24, 2.45) is 0 Å². The second-order valence-electron chi connectivity index (χ2n) is 4.06. The Balaban J connectivity index is 2.15. The molecule has 0 radical (unpaired) electrons. The van der Waals surface area contributed by atoms with Gasteiger partial charge < -0.3 is 7.80 Å².